The van der Waals surface area contributed by atoms with Gasteiger partial charge in [0.15, 0.2) is 0 Å². The highest BCUT2D eigenvalue weighted by Gasteiger charge is 2.43. The molecule has 5 nitrogen and oxygen atoms in total. The Kier molecular flexibility index (Phi) is 4.39. The average Bonchev–Trinajstić information content (AvgIpc) is 3.19. The highest BCUT2D eigenvalue weighted by Crippen LogP contribution is 2.44. The number of aromatic nitrogens is 3. The second-order valence-corrected chi connectivity index (χ2v) is 9.29. The summed E-state index contributed by atoms with van der Waals surface area (Å²) in [5.41, 5.74) is 6.92. The molecule has 29 heavy (non-hydrogen) atoms. The molecule has 5 heteroatoms. The lowest BCUT2D eigenvalue weighted by Crippen LogP contribution is -2.45. The summed E-state index contributed by atoms with van der Waals surface area (Å²) >= 11 is 0. The van der Waals surface area contributed by atoms with Gasteiger partial charge in [0.25, 0.3) is 0 Å². The first-order valence-electron chi connectivity index (χ1n) is 10.8. The molecule has 0 N–H and O–H groups in total. The Morgan fingerprint density at radius 2 is 2.03 bits per heavy atom. The molecule has 1 unspecified atom stereocenters. The van der Waals surface area contributed by atoms with E-state index in [4.69, 9.17) is 4.98 Å². The summed E-state index contributed by atoms with van der Waals surface area (Å²) in [5.74, 6) is 0.839. The molecule has 3 aromatic rings. The number of likely N-dealkylation sites (tertiary alicyclic amines) is 1. The summed E-state index contributed by atoms with van der Waals surface area (Å²) in [4.78, 5) is 14.2. The molecule has 1 fully saturated rings. The zero-order chi connectivity index (χ0) is 20.2. The maximum atomic E-state index is 5.02. The van der Waals surface area contributed by atoms with Crippen LogP contribution in [0, 0.1) is 6.92 Å². The molecule has 5 rings (SSSR count). The average molecular weight is 390 g/mol. The van der Waals surface area contributed by atoms with E-state index in [9.17, 15) is 0 Å². The Bertz CT molecular complexity index is 1060. The molecule has 2 aromatic heterocycles. The van der Waals surface area contributed by atoms with Crippen molar-refractivity contribution in [1.82, 2.24) is 19.4 Å². The Morgan fingerprint density at radius 3 is 2.86 bits per heavy atom. The summed E-state index contributed by atoms with van der Waals surface area (Å²) in [7, 11) is 6.25. The van der Waals surface area contributed by atoms with Crippen LogP contribution in [-0.2, 0) is 25.4 Å². The van der Waals surface area contributed by atoms with Crippen molar-refractivity contribution in [1.29, 1.82) is 0 Å². The third kappa shape index (κ3) is 3.12. The van der Waals surface area contributed by atoms with Gasteiger partial charge in [-0.15, -0.1) is 0 Å². The molecule has 0 amide bonds. The molecule has 0 radical (unpaired) electrons. The number of anilines is 1. The van der Waals surface area contributed by atoms with Crippen molar-refractivity contribution in [2.45, 2.75) is 44.6 Å². The van der Waals surface area contributed by atoms with Gasteiger partial charge in [0.1, 0.15) is 0 Å². The third-order valence-corrected chi connectivity index (χ3v) is 6.97. The highest BCUT2D eigenvalue weighted by molar-refractivity contribution is 5.82. The molecule has 1 aliphatic carbocycles. The molecule has 0 bridgehead atoms. The molecule has 2 aliphatic rings. The van der Waals surface area contributed by atoms with Gasteiger partial charge in [-0.3, -0.25) is 4.90 Å². The lowest BCUT2D eigenvalue weighted by atomic mass is 9.77. The monoisotopic (exact) mass is 389 g/mol. The minimum atomic E-state index is 0.197. The third-order valence-electron chi connectivity index (χ3n) is 6.97. The Hall–Kier alpha value is -2.40. The minimum absolute atomic E-state index is 0.197. The zero-order valence-electron chi connectivity index (χ0n) is 18.1. The quantitative estimate of drug-likeness (QED) is 0.682. The summed E-state index contributed by atoms with van der Waals surface area (Å²) in [6, 6.07) is 9.13. The molecule has 1 saturated heterocycles. The molecule has 1 atom stereocenters. The van der Waals surface area contributed by atoms with E-state index in [1.807, 2.05) is 19.0 Å². The van der Waals surface area contributed by atoms with Crippen molar-refractivity contribution >= 4 is 16.9 Å². The number of benzene rings is 1. The highest BCUT2D eigenvalue weighted by atomic mass is 15.2. The number of nitrogens with zero attached hydrogens (tertiary/aromatic N) is 5. The van der Waals surface area contributed by atoms with E-state index in [2.05, 4.69) is 58.9 Å². The predicted molar refractivity (Wildman–Crippen MR) is 119 cm³/mol. The first kappa shape index (κ1) is 18.6. The summed E-state index contributed by atoms with van der Waals surface area (Å²) < 4.78 is 2.37. The van der Waals surface area contributed by atoms with Gasteiger partial charge in [-0.2, -0.15) is 0 Å². The van der Waals surface area contributed by atoms with E-state index >= 15 is 0 Å². The first-order valence-corrected chi connectivity index (χ1v) is 10.8. The summed E-state index contributed by atoms with van der Waals surface area (Å²) in [6.07, 6.45) is 6.87. The van der Waals surface area contributed by atoms with Crippen molar-refractivity contribution in [3.05, 3.63) is 53.0 Å². The molecule has 1 aromatic carbocycles. The van der Waals surface area contributed by atoms with Crippen LogP contribution in [0.4, 0.5) is 5.95 Å². The second kappa shape index (κ2) is 6.84. The van der Waals surface area contributed by atoms with Crippen LogP contribution in [0.3, 0.4) is 0 Å². The van der Waals surface area contributed by atoms with E-state index in [0.29, 0.717) is 0 Å². The standard InChI is InChI=1S/C24H31N5/c1-17-6-7-21-19(12-17)13-20(28(21)4)15-29-11-5-9-24(16-29)10-8-18-14-25-23(27(2)3)26-22(18)24/h6-7,12-14H,5,8-11,15-16H2,1-4H3. The van der Waals surface area contributed by atoms with Crippen molar-refractivity contribution in [2.24, 2.45) is 7.05 Å². The Balaban J connectivity index is 1.43. The fourth-order valence-electron chi connectivity index (χ4n) is 5.41. The maximum absolute atomic E-state index is 5.02. The van der Waals surface area contributed by atoms with E-state index < -0.39 is 0 Å². The van der Waals surface area contributed by atoms with Gasteiger partial charge in [0.2, 0.25) is 5.95 Å². The van der Waals surface area contributed by atoms with Crippen LogP contribution in [0.25, 0.3) is 10.9 Å². The maximum Gasteiger partial charge on any atom is 0.225 e. The molecule has 152 valence electrons. The van der Waals surface area contributed by atoms with Crippen molar-refractivity contribution < 1.29 is 0 Å². The summed E-state index contributed by atoms with van der Waals surface area (Å²) in [5, 5.41) is 1.35. The van der Waals surface area contributed by atoms with Gasteiger partial charge in [-0.1, -0.05) is 11.6 Å². The van der Waals surface area contributed by atoms with Crippen LogP contribution >= 0.6 is 0 Å². The van der Waals surface area contributed by atoms with Gasteiger partial charge in [0.05, 0.1) is 5.69 Å². The Labute approximate surface area is 173 Å². The fraction of sp³-hybridized carbons (Fsp3) is 0.500. The van der Waals surface area contributed by atoms with E-state index in [1.165, 1.54) is 59.2 Å². The summed E-state index contributed by atoms with van der Waals surface area (Å²) in [6.45, 7) is 5.45. The van der Waals surface area contributed by atoms with Crippen LogP contribution in [0.5, 0.6) is 0 Å². The molecular formula is C24H31N5. The molecule has 1 aliphatic heterocycles. The number of piperidine rings is 1. The lowest BCUT2D eigenvalue weighted by molar-refractivity contribution is 0.134. The SMILES string of the molecule is Cc1ccc2c(c1)cc(CN1CCCC3(CCc4cnc(N(C)C)nc43)C1)n2C. The second-order valence-electron chi connectivity index (χ2n) is 9.29. The number of fused-ring (bicyclic) bond motifs is 3. The van der Waals surface area contributed by atoms with Crippen LogP contribution in [0.2, 0.25) is 0 Å². The van der Waals surface area contributed by atoms with Gasteiger partial charge in [0, 0.05) is 62.4 Å². The van der Waals surface area contributed by atoms with E-state index in [1.54, 1.807) is 0 Å². The Morgan fingerprint density at radius 1 is 1.17 bits per heavy atom. The largest absolute Gasteiger partial charge is 0.347 e. The van der Waals surface area contributed by atoms with Crippen LogP contribution in [0.15, 0.2) is 30.5 Å². The van der Waals surface area contributed by atoms with Gasteiger partial charge < -0.3 is 9.47 Å². The number of hydrogen-bond donors (Lipinski definition) is 0. The molecule has 0 saturated carbocycles. The zero-order valence-corrected chi connectivity index (χ0v) is 18.1. The molecule has 3 heterocycles. The van der Waals surface area contributed by atoms with Gasteiger partial charge in [-0.25, -0.2) is 9.97 Å². The van der Waals surface area contributed by atoms with Crippen LogP contribution < -0.4 is 4.90 Å². The minimum Gasteiger partial charge on any atom is -0.347 e. The fourth-order valence-corrected chi connectivity index (χ4v) is 5.41. The van der Waals surface area contributed by atoms with Crippen molar-refractivity contribution in [3.63, 3.8) is 0 Å². The van der Waals surface area contributed by atoms with Gasteiger partial charge in [-0.05, 0) is 62.9 Å². The lowest BCUT2D eigenvalue weighted by Gasteiger charge is -2.40. The van der Waals surface area contributed by atoms with Crippen molar-refractivity contribution in [2.75, 3.05) is 32.1 Å². The normalized spacial score (nSPS) is 21.8. The number of aryl methyl sites for hydroxylation is 3. The smallest absolute Gasteiger partial charge is 0.225 e. The first-order chi connectivity index (χ1) is 13.9. The topological polar surface area (TPSA) is 37.2 Å². The predicted octanol–water partition coefficient (Wildman–Crippen LogP) is 3.82. The molecular weight excluding hydrogens is 358 g/mol. The van der Waals surface area contributed by atoms with E-state index in [-0.39, 0.29) is 5.41 Å². The number of rotatable bonds is 3. The van der Waals surface area contributed by atoms with Crippen LogP contribution in [-0.4, -0.2) is 46.6 Å². The number of hydrogen-bond acceptors (Lipinski definition) is 4. The molecule has 1 spiro atoms. The van der Waals surface area contributed by atoms with Crippen LogP contribution in [0.1, 0.15) is 41.8 Å². The van der Waals surface area contributed by atoms with E-state index in [0.717, 1.165) is 25.5 Å². The van der Waals surface area contributed by atoms with Crippen molar-refractivity contribution in [3.8, 4) is 0 Å². The van der Waals surface area contributed by atoms with Gasteiger partial charge >= 0.3 is 0 Å².